The molecule has 11 rings (SSSR count). The third-order valence-electron chi connectivity index (χ3n) is 9.84. The molecule has 2 heterocycles. The number of rotatable bonds is 7. The van der Waals surface area contributed by atoms with Gasteiger partial charge in [0, 0.05) is 39.0 Å². The SMILES string of the molecule is [2H]c1c([2H])c([2H])c(N(c2c([2H])c([2H])c([2H])c([2H])c2[2H])c2c([2H])c([2H])c3c([2H])c([2H])c(-c4cc(-c5cccc(-c6nc7ccccc7nc6-c6ccccc6)c5)c5c(c4)oc4ccccc45)c([2H])c3c2[2H])c([2H])c1[2H]. The van der Waals surface area contributed by atoms with E-state index in [0.29, 0.717) is 55.0 Å². The Hall–Kier alpha value is -7.82. The maximum absolute atomic E-state index is 9.89. The van der Waals surface area contributed by atoms with Crippen LogP contribution < -0.4 is 4.90 Å². The minimum Gasteiger partial charge on any atom is -0.456 e. The van der Waals surface area contributed by atoms with Crippen molar-refractivity contribution >= 4 is 60.8 Å². The zero-order chi connectivity index (χ0) is 52.3. The van der Waals surface area contributed by atoms with Crippen LogP contribution in [0.1, 0.15) is 21.9 Å². The lowest BCUT2D eigenvalue weighted by Gasteiger charge is -2.25. The number of benzene rings is 9. The molecule has 0 aliphatic rings. The Morgan fingerprint density at radius 3 is 1.83 bits per heavy atom. The summed E-state index contributed by atoms with van der Waals surface area (Å²) >= 11 is 0. The summed E-state index contributed by atoms with van der Waals surface area (Å²) < 4.78 is 150. The standard InChI is InChI=1S/C54H35N3O/c1-4-15-37(16-5-1)53-54(56-49-25-12-11-24-48(49)55-53)40-18-14-17-39(32-40)47-34-42(35-51-52(47)46-23-10-13-26-50(46)58-51)38-28-27-36-29-30-45(33-41(36)31-38)57(43-19-6-2-7-20-43)44-21-8-3-9-22-44/h1-35H/i2D,3D,6D,7D,8D,9D,19D,20D,21D,22D,27D,28D,29D,30D,31D,33D. The van der Waals surface area contributed by atoms with E-state index in [1.54, 1.807) is 18.2 Å². The molecule has 0 aliphatic carbocycles. The third-order valence-corrected chi connectivity index (χ3v) is 9.84. The molecule has 2 aromatic heterocycles. The van der Waals surface area contributed by atoms with E-state index in [9.17, 15) is 8.22 Å². The first kappa shape index (κ1) is 20.9. The largest absolute Gasteiger partial charge is 0.456 e. The lowest BCUT2D eigenvalue weighted by atomic mass is 9.92. The summed E-state index contributed by atoms with van der Waals surface area (Å²) in [5.41, 5.74) is 3.94. The lowest BCUT2D eigenvalue weighted by Crippen LogP contribution is -2.09. The van der Waals surface area contributed by atoms with Gasteiger partial charge in [-0.05, 0) is 112 Å². The van der Waals surface area contributed by atoms with Gasteiger partial charge in [0.05, 0.1) is 44.4 Å². The van der Waals surface area contributed by atoms with Crippen LogP contribution >= 0.6 is 0 Å². The van der Waals surface area contributed by atoms with Crippen molar-refractivity contribution in [2.45, 2.75) is 0 Å². The van der Waals surface area contributed by atoms with Gasteiger partial charge in [-0.2, -0.15) is 0 Å². The van der Waals surface area contributed by atoms with Crippen LogP contribution in [0, 0.1) is 0 Å². The summed E-state index contributed by atoms with van der Waals surface area (Å²) in [6.07, 6.45) is 0. The number of para-hydroxylation sites is 5. The Bertz CT molecular complexity index is 4110. The third kappa shape index (κ3) is 5.96. The fourth-order valence-corrected chi connectivity index (χ4v) is 7.23. The monoisotopic (exact) mass is 757 g/mol. The number of hydrogen-bond donors (Lipinski definition) is 0. The van der Waals surface area contributed by atoms with Crippen molar-refractivity contribution in [3.8, 4) is 44.8 Å². The first-order valence-electron chi connectivity index (χ1n) is 26.3. The normalized spacial score (nSPS) is 15.3. The minimum atomic E-state index is -0.928. The van der Waals surface area contributed by atoms with E-state index in [0.717, 1.165) is 16.5 Å². The molecular formula is C54H35N3O. The van der Waals surface area contributed by atoms with Crippen molar-refractivity contribution in [2.24, 2.45) is 0 Å². The predicted octanol–water partition coefficient (Wildman–Crippen LogP) is 14.8. The van der Waals surface area contributed by atoms with E-state index < -0.39 is 125 Å². The van der Waals surface area contributed by atoms with Crippen LogP contribution in [0.4, 0.5) is 17.1 Å². The van der Waals surface area contributed by atoms with Crippen LogP contribution in [0.3, 0.4) is 0 Å². The Labute approximate surface area is 358 Å². The summed E-state index contributed by atoms with van der Waals surface area (Å²) in [6, 6.07) is 22.4. The van der Waals surface area contributed by atoms with Crippen LogP contribution in [0.2, 0.25) is 0 Å². The fraction of sp³-hybridized carbons (Fsp3) is 0. The van der Waals surface area contributed by atoms with Gasteiger partial charge in [0.2, 0.25) is 0 Å². The smallest absolute Gasteiger partial charge is 0.136 e. The number of anilines is 3. The highest BCUT2D eigenvalue weighted by Crippen LogP contribution is 2.43. The van der Waals surface area contributed by atoms with Crippen LogP contribution in [-0.4, -0.2) is 9.97 Å². The first-order chi connectivity index (χ1) is 35.4. The summed E-state index contributed by atoms with van der Waals surface area (Å²) in [5.74, 6) is 0. The number of aromatic nitrogens is 2. The van der Waals surface area contributed by atoms with Crippen LogP contribution in [0.5, 0.6) is 0 Å². The molecule has 272 valence electrons. The van der Waals surface area contributed by atoms with Gasteiger partial charge < -0.3 is 9.32 Å². The Kier molecular flexibility index (Phi) is 5.06. The highest BCUT2D eigenvalue weighted by molar-refractivity contribution is 6.14. The van der Waals surface area contributed by atoms with Crippen LogP contribution in [-0.2, 0) is 0 Å². The summed E-state index contributed by atoms with van der Waals surface area (Å²) in [5, 5.41) is 0.497. The molecule has 11 aromatic rings. The number of hydrogen-bond acceptors (Lipinski definition) is 4. The van der Waals surface area contributed by atoms with Gasteiger partial charge >= 0.3 is 0 Å². The van der Waals surface area contributed by atoms with E-state index >= 15 is 0 Å². The molecule has 0 saturated heterocycles. The van der Waals surface area contributed by atoms with E-state index in [1.807, 2.05) is 97.1 Å². The van der Waals surface area contributed by atoms with E-state index in [1.165, 1.54) is 0 Å². The molecule has 0 aliphatic heterocycles. The number of nitrogens with zero attached hydrogens (tertiary/aromatic N) is 3. The molecule has 9 aromatic carbocycles. The van der Waals surface area contributed by atoms with Crippen molar-refractivity contribution in [1.29, 1.82) is 0 Å². The van der Waals surface area contributed by atoms with Crippen molar-refractivity contribution in [2.75, 3.05) is 4.90 Å². The van der Waals surface area contributed by atoms with Crippen molar-refractivity contribution in [1.82, 2.24) is 9.97 Å². The van der Waals surface area contributed by atoms with Gasteiger partial charge in [-0.3, -0.25) is 0 Å². The van der Waals surface area contributed by atoms with Crippen molar-refractivity contribution < 1.29 is 26.3 Å². The van der Waals surface area contributed by atoms with Gasteiger partial charge in [-0.15, -0.1) is 0 Å². The molecule has 0 N–H and O–H groups in total. The van der Waals surface area contributed by atoms with Crippen LogP contribution in [0.25, 0.3) is 88.5 Å². The average Bonchev–Trinajstić information content (AvgIpc) is 3.79. The Morgan fingerprint density at radius 1 is 0.431 bits per heavy atom. The molecule has 0 atom stereocenters. The van der Waals surface area contributed by atoms with E-state index in [4.69, 9.17) is 28.1 Å². The van der Waals surface area contributed by atoms with E-state index in [-0.39, 0.29) is 11.1 Å². The summed E-state index contributed by atoms with van der Waals surface area (Å²) in [7, 11) is 0. The maximum atomic E-state index is 9.89. The minimum absolute atomic E-state index is 0.188. The number of fused-ring (bicyclic) bond motifs is 5. The second-order valence-corrected chi connectivity index (χ2v) is 13.4. The predicted molar refractivity (Wildman–Crippen MR) is 241 cm³/mol. The Balaban J connectivity index is 1.20. The maximum Gasteiger partial charge on any atom is 0.136 e. The lowest BCUT2D eigenvalue weighted by molar-refractivity contribution is 0.669. The molecule has 4 nitrogen and oxygen atoms in total. The average molecular weight is 758 g/mol. The quantitative estimate of drug-likeness (QED) is 0.162. The molecule has 0 unspecified atom stereocenters. The summed E-state index contributed by atoms with van der Waals surface area (Å²) in [6.45, 7) is 0. The van der Waals surface area contributed by atoms with Gasteiger partial charge in [0.15, 0.2) is 0 Å². The molecule has 4 heteroatoms. The van der Waals surface area contributed by atoms with Gasteiger partial charge in [0.1, 0.15) is 11.2 Å². The molecule has 0 bridgehead atoms. The molecule has 0 spiro atoms. The fourth-order valence-electron chi connectivity index (χ4n) is 7.23. The molecule has 0 saturated carbocycles. The van der Waals surface area contributed by atoms with E-state index in [2.05, 4.69) is 0 Å². The van der Waals surface area contributed by atoms with Gasteiger partial charge in [-0.25, -0.2) is 9.97 Å². The zero-order valence-corrected chi connectivity index (χ0v) is 30.2. The molecule has 0 fully saturated rings. The van der Waals surface area contributed by atoms with Gasteiger partial charge in [-0.1, -0.05) is 133 Å². The second-order valence-electron chi connectivity index (χ2n) is 13.4. The molecular weight excluding hydrogens is 707 g/mol. The van der Waals surface area contributed by atoms with Crippen molar-refractivity contribution in [3.63, 3.8) is 0 Å². The van der Waals surface area contributed by atoms with Crippen LogP contribution in [0.15, 0.2) is 216 Å². The summed E-state index contributed by atoms with van der Waals surface area (Å²) in [4.78, 5) is 10.8. The molecule has 0 radical (unpaired) electrons. The number of furan rings is 1. The second kappa shape index (κ2) is 14.0. The highest BCUT2D eigenvalue weighted by atomic mass is 16.3. The first-order valence-corrected chi connectivity index (χ1v) is 18.3. The Morgan fingerprint density at radius 2 is 1.07 bits per heavy atom. The molecule has 0 amide bonds. The van der Waals surface area contributed by atoms with Crippen molar-refractivity contribution in [3.05, 3.63) is 212 Å². The van der Waals surface area contributed by atoms with Gasteiger partial charge in [0.25, 0.3) is 0 Å². The molecule has 58 heavy (non-hydrogen) atoms. The topological polar surface area (TPSA) is 42.2 Å². The zero-order valence-electron chi connectivity index (χ0n) is 46.2. The highest BCUT2D eigenvalue weighted by Gasteiger charge is 2.19.